The van der Waals surface area contributed by atoms with Crippen LogP contribution < -0.4 is 0 Å². The lowest BCUT2D eigenvalue weighted by molar-refractivity contribution is 0.178. The molecule has 0 bridgehead atoms. The topological polar surface area (TPSA) is 20.3 Å². The van der Waals surface area contributed by atoms with Crippen LogP contribution in [0.5, 0.6) is 0 Å². The standard InChI is InChI=1S/C13H25NOS.C3H4/c1-16(15)14(12-8-4-2-5-9-12)13-10-6-3-7-11-13;1-3-2/h12-13H,2-11H2,1H3;1H,2H3. The molecule has 2 aliphatic carbocycles. The first-order valence-electron chi connectivity index (χ1n) is 7.70. The van der Waals surface area contributed by atoms with E-state index in [2.05, 4.69) is 16.6 Å². The zero-order valence-corrected chi connectivity index (χ0v) is 13.4. The molecule has 3 heteroatoms. The fourth-order valence-corrected chi connectivity index (χ4v) is 4.65. The maximum Gasteiger partial charge on any atom is 0.0915 e. The smallest absolute Gasteiger partial charge is 0.0915 e. The second kappa shape index (κ2) is 9.55. The molecule has 2 saturated carbocycles. The summed E-state index contributed by atoms with van der Waals surface area (Å²) in [5, 5.41) is 0. The molecule has 0 aromatic rings. The van der Waals surface area contributed by atoms with Crippen molar-refractivity contribution in [1.29, 1.82) is 0 Å². The van der Waals surface area contributed by atoms with Gasteiger partial charge in [-0.2, -0.15) is 0 Å². The van der Waals surface area contributed by atoms with Crippen LogP contribution in [-0.2, 0) is 11.0 Å². The van der Waals surface area contributed by atoms with Gasteiger partial charge in [-0.1, -0.05) is 38.5 Å². The fourth-order valence-electron chi connectivity index (χ4n) is 3.39. The van der Waals surface area contributed by atoms with Gasteiger partial charge in [0.1, 0.15) is 0 Å². The Bertz CT molecular complexity index is 280. The molecule has 2 aliphatic rings. The highest BCUT2D eigenvalue weighted by molar-refractivity contribution is 7.81. The molecule has 2 rings (SSSR count). The van der Waals surface area contributed by atoms with Crippen molar-refractivity contribution in [2.75, 3.05) is 6.26 Å². The third-order valence-corrected chi connectivity index (χ3v) is 5.36. The van der Waals surface area contributed by atoms with Gasteiger partial charge in [-0.05, 0) is 32.6 Å². The average molecular weight is 283 g/mol. The van der Waals surface area contributed by atoms with Crippen molar-refractivity contribution in [3.63, 3.8) is 0 Å². The zero-order chi connectivity index (χ0) is 14.1. The minimum atomic E-state index is -0.765. The van der Waals surface area contributed by atoms with Crippen LogP contribution in [0.4, 0.5) is 0 Å². The van der Waals surface area contributed by atoms with E-state index in [0.29, 0.717) is 12.1 Å². The largest absolute Gasteiger partial charge is 0.243 e. The fraction of sp³-hybridized carbons (Fsp3) is 0.875. The molecule has 0 aliphatic heterocycles. The van der Waals surface area contributed by atoms with Crippen LogP contribution in [0.25, 0.3) is 0 Å². The molecular weight excluding hydrogens is 254 g/mol. The molecule has 0 heterocycles. The normalized spacial score (nSPS) is 23.3. The zero-order valence-electron chi connectivity index (χ0n) is 12.6. The minimum Gasteiger partial charge on any atom is -0.243 e. The summed E-state index contributed by atoms with van der Waals surface area (Å²) in [7, 11) is -0.765. The van der Waals surface area contributed by atoms with E-state index in [1.165, 1.54) is 64.2 Å². The van der Waals surface area contributed by atoms with Crippen LogP contribution in [0.3, 0.4) is 0 Å². The Morgan fingerprint density at radius 3 is 1.53 bits per heavy atom. The highest BCUT2D eigenvalue weighted by atomic mass is 32.2. The summed E-state index contributed by atoms with van der Waals surface area (Å²) >= 11 is 0. The maximum atomic E-state index is 12.0. The number of terminal acetylenes is 1. The lowest BCUT2D eigenvalue weighted by Crippen LogP contribution is -2.45. The molecule has 1 unspecified atom stereocenters. The van der Waals surface area contributed by atoms with E-state index < -0.39 is 11.0 Å². The van der Waals surface area contributed by atoms with Gasteiger partial charge in [-0.3, -0.25) is 0 Å². The van der Waals surface area contributed by atoms with E-state index in [1.54, 1.807) is 6.92 Å². The Kier molecular flexibility index (Phi) is 8.41. The molecular formula is C16H29NOS. The van der Waals surface area contributed by atoms with E-state index >= 15 is 0 Å². The monoisotopic (exact) mass is 283 g/mol. The van der Waals surface area contributed by atoms with Crippen LogP contribution in [0.15, 0.2) is 0 Å². The van der Waals surface area contributed by atoms with E-state index in [4.69, 9.17) is 0 Å². The highest BCUT2D eigenvalue weighted by Gasteiger charge is 2.30. The van der Waals surface area contributed by atoms with E-state index in [1.807, 2.05) is 6.26 Å². The second-order valence-electron chi connectivity index (χ2n) is 5.66. The van der Waals surface area contributed by atoms with Crippen molar-refractivity contribution in [2.45, 2.75) is 83.2 Å². The van der Waals surface area contributed by atoms with Gasteiger partial charge < -0.3 is 0 Å². The number of hydrogen-bond acceptors (Lipinski definition) is 1. The van der Waals surface area contributed by atoms with Crippen LogP contribution in [-0.4, -0.2) is 26.9 Å². The van der Waals surface area contributed by atoms with Gasteiger partial charge >= 0.3 is 0 Å². The SMILES string of the molecule is C#CC.CS(=O)N(C1CCCCC1)C1CCCCC1. The van der Waals surface area contributed by atoms with Crippen LogP contribution >= 0.6 is 0 Å². The van der Waals surface area contributed by atoms with Crippen LogP contribution in [0, 0.1) is 12.3 Å². The van der Waals surface area contributed by atoms with Crippen molar-refractivity contribution in [2.24, 2.45) is 0 Å². The van der Waals surface area contributed by atoms with Gasteiger partial charge in [0.15, 0.2) is 0 Å². The molecule has 2 nitrogen and oxygen atoms in total. The molecule has 0 N–H and O–H groups in total. The molecule has 110 valence electrons. The predicted molar refractivity (Wildman–Crippen MR) is 84.2 cm³/mol. The minimum absolute atomic E-state index is 0.614. The summed E-state index contributed by atoms with van der Waals surface area (Å²) in [6.45, 7) is 1.65. The summed E-state index contributed by atoms with van der Waals surface area (Å²) < 4.78 is 14.3. The van der Waals surface area contributed by atoms with E-state index in [-0.39, 0.29) is 0 Å². The number of hydrogen-bond donors (Lipinski definition) is 0. The number of rotatable bonds is 3. The second-order valence-corrected chi connectivity index (χ2v) is 6.93. The predicted octanol–water partition coefficient (Wildman–Crippen LogP) is 3.89. The van der Waals surface area contributed by atoms with Crippen molar-refractivity contribution in [1.82, 2.24) is 4.31 Å². The molecule has 1 atom stereocenters. The summed E-state index contributed by atoms with van der Waals surface area (Å²) in [5.74, 6) is 2.25. The summed E-state index contributed by atoms with van der Waals surface area (Å²) in [6.07, 6.45) is 19.7. The van der Waals surface area contributed by atoms with Crippen LogP contribution in [0.1, 0.15) is 71.1 Å². The first-order chi connectivity index (χ1) is 9.20. The quantitative estimate of drug-likeness (QED) is 0.720. The third-order valence-electron chi connectivity index (χ3n) is 4.17. The Hall–Kier alpha value is -0.330. The average Bonchev–Trinajstić information content (AvgIpc) is 2.42. The molecule has 0 aromatic heterocycles. The van der Waals surface area contributed by atoms with E-state index in [9.17, 15) is 4.21 Å². The lowest BCUT2D eigenvalue weighted by atomic mass is 9.91. The Morgan fingerprint density at radius 1 is 0.947 bits per heavy atom. The third kappa shape index (κ3) is 5.67. The summed E-state index contributed by atoms with van der Waals surface area (Å²) in [5.41, 5.74) is 0. The number of nitrogens with zero attached hydrogens (tertiary/aromatic N) is 1. The van der Waals surface area contributed by atoms with Crippen molar-refractivity contribution in [3.05, 3.63) is 0 Å². The molecule has 0 aromatic carbocycles. The molecule has 19 heavy (non-hydrogen) atoms. The maximum absolute atomic E-state index is 12.0. The first kappa shape index (κ1) is 16.7. The Labute approximate surface area is 121 Å². The van der Waals surface area contributed by atoms with Gasteiger partial charge in [0.2, 0.25) is 0 Å². The molecule has 0 saturated heterocycles. The highest BCUT2D eigenvalue weighted by Crippen LogP contribution is 2.30. The van der Waals surface area contributed by atoms with E-state index in [0.717, 1.165) is 0 Å². The van der Waals surface area contributed by atoms with Gasteiger partial charge in [0.25, 0.3) is 0 Å². The van der Waals surface area contributed by atoms with Crippen molar-refractivity contribution < 1.29 is 4.21 Å². The van der Waals surface area contributed by atoms with Crippen LogP contribution in [0.2, 0.25) is 0 Å². The summed E-state index contributed by atoms with van der Waals surface area (Å²) in [6, 6.07) is 1.23. The molecule has 0 amide bonds. The Balaban J connectivity index is 0.000000550. The molecule has 0 spiro atoms. The van der Waals surface area contributed by atoms with Gasteiger partial charge in [0, 0.05) is 18.3 Å². The van der Waals surface area contributed by atoms with Gasteiger partial charge in [-0.15, -0.1) is 12.3 Å². The molecule has 2 fully saturated rings. The van der Waals surface area contributed by atoms with Crippen molar-refractivity contribution >= 4 is 11.0 Å². The van der Waals surface area contributed by atoms with Crippen molar-refractivity contribution in [3.8, 4) is 12.3 Å². The lowest BCUT2D eigenvalue weighted by Gasteiger charge is -2.39. The first-order valence-corrected chi connectivity index (χ1v) is 9.21. The van der Waals surface area contributed by atoms with Gasteiger partial charge in [-0.25, -0.2) is 8.51 Å². The van der Waals surface area contributed by atoms with Gasteiger partial charge in [0.05, 0.1) is 11.0 Å². The Morgan fingerprint density at radius 2 is 1.26 bits per heavy atom. The summed E-state index contributed by atoms with van der Waals surface area (Å²) in [4.78, 5) is 0. The molecule has 0 radical (unpaired) electrons.